The van der Waals surface area contributed by atoms with E-state index in [1.54, 1.807) is 6.92 Å². The number of nitrogens with one attached hydrogen (secondary N) is 2. The molecule has 7 heteroatoms. The normalized spacial score (nSPS) is 21.3. The van der Waals surface area contributed by atoms with E-state index in [4.69, 9.17) is 4.74 Å². The highest BCUT2D eigenvalue weighted by atomic mass is 16.5. The Morgan fingerprint density at radius 3 is 2.47 bits per heavy atom. The van der Waals surface area contributed by atoms with Crippen LogP contribution in [-0.4, -0.2) is 54.9 Å². The van der Waals surface area contributed by atoms with Crippen LogP contribution in [0.3, 0.4) is 0 Å². The number of likely N-dealkylation sites (tertiary alicyclic amines) is 1. The molecule has 0 bridgehead atoms. The summed E-state index contributed by atoms with van der Waals surface area (Å²) in [6.07, 6.45) is 4.59. The molecular weight excluding hydrogens is 454 g/mol. The molecule has 36 heavy (non-hydrogen) atoms. The summed E-state index contributed by atoms with van der Waals surface area (Å²) in [5.74, 6) is 0.546. The van der Waals surface area contributed by atoms with Crippen molar-refractivity contribution in [3.63, 3.8) is 0 Å². The number of hydrogen-bond donors (Lipinski definition) is 2. The Labute approximate surface area is 213 Å². The number of para-hydroxylation sites is 1. The zero-order chi connectivity index (χ0) is 25.5. The molecule has 1 fully saturated rings. The maximum atomic E-state index is 13.5. The van der Waals surface area contributed by atoms with Gasteiger partial charge in [-0.25, -0.2) is 0 Å². The summed E-state index contributed by atoms with van der Waals surface area (Å²) in [6, 6.07) is 15.0. The van der Waals surface area contributed by atoms with Gasteiger partial charge in [0.15, 0.2) is 0 Å². The fourth-order valence-corrected chi connectivity index (χ4v) is 5.14. The second-order valence-corrected chi connectivity index (χ2v) is 10.1. The van der Waals surface area contributed by atoms with Gasteiger partial charge in [-0.2, -0.15) is 0 Å². The molecule has 1 spiro atoms. The van der Waals surface area contributed by atoms with Gasteiger partial charge >= 0.3 is 0 Å². The van der Waals surface area contributed by atoms with Gasteiger partial charge in [0.2, 0.25) is 11.8 Å². The van der Waals surface area contributed by atoms with E-state index >= 15 is 0 Å². The van der Waals surface area contributed by atoms with E-state index in [9.17, 15) is 14.4 Å². The predicted octanol–water partition coefficient (Wildman–Crippen LogP) is 3.64. The van der Waals surface area contributed by atoms with Crippen molar-refractivity contribution in [3.05, 3.63) is 65.2 Å². The van der Waals surface area contributed by atoms with Gasteiger partial charge < -0.3 is 20.3 Å². The monoisotopic (exact) mass is 491 g/mol. The Hall–Kier alpha value is -3.35. The van der Waals surface area contributed by atoms with Gasteiger partial charge in [-0.3, -0.25) is 14.4 Å². The van der Waals surface area contributed by atoms with E-state index < -0.39 is 11.5 Å². The predicted molar refractivity (Wildman–Crippen MR) is 139 cm³/mol. The van der Waals surface area contributed by atoms with Crippen LogP contribution in [0, 0.1) is 12.3 Å². The molecule has 2 aliphatic heterocycles. The second kappa shape index (κ2) is 11.6. The molecule has 192 valence electrons. The number of piperidine rings is 1. The third-order valence-corrected chi connectivity index (χ3v) is 7.51. The number of fused-ring (bicyclic) bond motifs is 1. The number of carbonyl (C=O) groups is 3. The lowest BCUT2D eigenvalue weighted by molar-refractivity contribution is -0.137. The summed E-state index contributed by atoms with van der Waals surface area (Å²) in [4.78, 5) is 41.0. The molecule has 0 aromatic heterocycles. The number of carbonyl (C=O) groups excluding carboxylic acids is 3. The summed E-state index contributed by atoms with van der Waals surface area (Å²) >= 11 is 0. The van der Waals surface area contributed by atoms with Crippen LogP contribution in [0.15, 0.2) is 48.5 Å². The van der Waals surface area contributed by atoms with E-state index in [1.165, 1.54) is 0 Å². The number of ether oxygens (including phenoxy) is 1. The number of rotatable bonds is 1. The molecule has 1 saturated heterocycles. The Bertz CT molecular complexity index is 1070. The Balaban J connectivity index is 1.48. The minimum Gasteiger partial charge on any atom is -0.491 e. The quantitative estimate of drug-likeness (QED) is 0.638. The molecule has 2 N–H and O–H groups in total. The van der Waals surface area contributed by atoms with Gasteiger partial charge in [-0.1, -0.05) is 42.3 Å². The number of amides is 3. The largest absolute Gasteiger partial charge is 0.491 e. The van der Waals surface area contributed by atoms with Crippen molar-refractivity contribution in [2.75, 3.05) is 26.2 Å². The molecule has 4 rings (SSSR count). The SMILES string of the molecule is Cc1ccc(C(=O)N2CCC3(CCCCc4ccccc4OCCNC(=O)[C@H](C)NC3=O)CC2)cc1. The van der Waals surface area contributed by atoms with Crippen molar-refractivity contribution in [2.45, 2.75) is 58.4 Å². The van der Waals surface area contributed by atoms with Crippen LogP contribution in [0.25, 0.3) is 0 Å². The molecule has 2 aromatic rings. The van der Waals surface area contributed by atoms with Gasteiger partial charge in [-0.05, 0) is 69.7 Å². The lowest BCUT2D eigenvalue weighted by Gasteiger charge is -2.41. The second-order valence-electron chi connectivity index (χ2n) is 10.1. The van der Waals surface area contributed by atoms with Crippen LogP contribution in [-0.2, 0) is 16.0 Å². The van der Waals surface area contributed by atoms with Gasteiger partial charge in [0.05, 0.1) is 12.0 Å². The van der Waals surface area contributed by atoms with E-state index in [2.05, 4.69) is 16.7 Å². The Morgan fingerprint density at radius 1 is 1.00 bits per heavy atom. The van der Waals surface area contributed by atoms with Crippen molar-refractivity contribution in [1.29, 1.82) is 0 Å². The van der Waals surface area contributed by atoms with Crippen LogP contribution < -0.4 is 15.4 Å². The first-order valence-corrected chi connectivity index (χ1v) is 13.0. The first-order chi connectivity index (χ1) is 17.4. The van der Waals surface area contributed by atoms with Crippen LogP contribution >= 0.6 is 0 Å². The standard InChI is InChI=1S/C29H37N3O4/c1-21-10-12-24(13-11-21)27(34)32-18-15-29(16-19-32)14-6-5-8-23-7-3-4-9-25(23)36-20-17-30-26(33)22(2)31-28(29)35/h3-4,7,9-13,22H,5-6,8,14-20H2,1-2H3,(H,30,33)(H,31,35)/t22-/m0/s1. The van der Waals surface area contributed by atoms with Gasteiger partial charge in [0.25, 0.3) is 5.91 Å². The molecule has 3 amide bonds. The highest BCUT2D eigenvalue weighted by Gasteiger charge is 2.42. The number of hydrogen-bond acceptors (Lipinski definition) is 4. The fraction of sp³-hybridized carbons (Fsp3) is 0.483. The maximum absolute atomic E-state index is 13.5. The zero-order valence-corrected chi connectivity index (χ0v) is 21.3. The number of benzene rings is 2. The third kappa shape index (κ3) is 6.07. The van der Waals surface area contributed by atoms with Crippen molar-refractivity contribution in [2.24, 2.45) is 5.41 Å². The van der Waals surface area contributed by atoms with E-state index in [0.29, 0.717) is 44.6 Å². The number of aryl methyl sites for hydroxylation is 2. The average Bonchev–Trinajstić information content (AvgIpc) is 2.89. The summed E-state index contributed by atoms with van der Waals surface area (Å²) in [7, 11) is 0. The first kappa shape index (κ1) is 25.7. The molecular formula is C29H37N3O4. The van der Waals surface area contributed by atoms with Crippen molar-refractivity contribution < 1.29 is 19.1 Å². The van der Waals surface area contributed by atoms with Crippen molar-refractivity contribution in [1.82, 2.24) is 15.5 Å². The minimum atomic E-state index is -0.640. The van der Waals surface area contributed by atoms with Gasteiger partial charge in [0.1, 0.15) is 18.4 Å². The van der Waals surface area contributed by atoms with Crippen LogP contribution in [0.2, 0.25) is 0 Å². The lowest BCUT2D eigenvalue weighted by Crippen LogP contribution is -2.54. The molecule has 0 unspecified atom stereocenters. The summed E-state index contributed by atoms with van der Waals surface area (Å²) in [6.45, 7) is 5.51. The third-order valence-electron chi connectivity index (χ3n) is 7.51. The maximum Gasteiger partial charge on any atom is 0.253 e. The van der Waals surface area contributed by atoms with Gasteiger partial charge in [0, 0.05) is 18.7 Å². The summed E-state index contributed by atoms with van der Waals surface area (Å²) in [5.41, 5.74) is 2.34. The van der Waals surface area contributed by atoms with Crippen molar-refractivity contribution in [3.8, 4) is 5.75 Å². The molecule has 7 nitrogen and oxygen atoms in total. The molecule has 1 atom stereocenters. The topological polar surface area (TPSA) is 87.7 Å². The molecule has 0 aliphatic carbocycles. The van der Waals surface area contributed by atoms with Gasteiger partial charge in [-0.15, -0.1) is 0 Å². The van der Waals surface area contributed by atoms with Crippen LogP contribution in [0.4, 0.5) is 0 Å². The van der Waals surface area contributed by atoms with Crippen LogP contribution in [0.1, 0.15) is 60.5 Å². The summed E-state index contributed by atoms with van der Waals surface area (Å²) < 4.78 is 5.92. The molecule has 0 radical (unpaired) electrons. The number of nitrogens with zero attached hydrogens (tertiary/aromatic N) is 1. The minimum absolute atomic E-state index is 0.00625. The van der Waals surface area contributed by atoms with E-state index in [1.807, 2.05) is 54.3 Å². The molecule has 2 aliphatic rings. The Morgan fingerprint density at radius 2 is 1.72 bits per heavy atom. The smallest absolute Gasteiger partial charge is 0.253 e. The van der Waals surface area contributed by atoms with E-state index in [0.717, 1.165) is 42.6 Å². The lowest BCUT2D eigenvalue weighted by atomic mass is 9.73. The molecule has 2 heterocycles. The first-order valence-electron chi connectivity index (χ1n) is 13.0. The highest BCUT2D eigenvalue weighted by Crippen LogP contribution is 2.38. The van der Waals surface area contributed by atoms with E-state index in [-0.39, 0.29) is 17.7 Å². The van der Waals surface area contributed by atoms with Crippen LogP contribution in [0.5, 0.6) is 5.75 Å². The highest BCUT2D eigenvalue weighted by molar-refractivity contribution is 5.95. The molecule has 0 saturated carbocycles. The summed E-state index contributed by atoms with van der Waals surface area (Å²) in [5, 5.41) is 5.82. The zero-order valence-electron chi connectivity index (χ0n) is 21.3. The molecule has 2 aromatic carbocycles. The fourth-order valence-electron chi connectivity index (χ4n) is 5.14. The average molecular weight is 492 g/mol. The van der Waals surface area contributed by atoms with Crippen molar-refractivity contribution >= 4 is 17.7 Å². The Kier molecular flexibility index (Phi) is 8.28.